The summed E-state index contributed by atoms with van der Waals surface area (Å²) in [4.78, 5) is 32.9. The smallest absolute Gasteiger partial charge is 0.314 e. The monoisotopic (exact) mass is 259 g/mol. The van der Waals surface area contributed by atoms with Gasteiger partial charge in [0.05, 0.1) is 5.92 Å². The SMILES string of the molecule is CC(C)NC(=O)CCNC(=O)NCC(C)C(=O)O. The Kier molecular flexibility index (Phi) is 7.50. The van der Waals surface area contributed by atoms with E-state index in [2.05, 4.69) is 16.0 Å². The molecule has 0 aliphatic heterocycles. The quantitative estimate of drug-likeness (QED) is 0.513. The zero-order valence-corrected chi connectivity index (χ0v) is 10.9. The lowest BCUT2D eigenvalue weighted by atomic mass is 10.2. The second-order valence-corrected chi connectivity index (χ2v) is 4.35. The molecular weight excluding hydrogens is 238 g/mol. The topological polar surface area (TPSA) is 108 Å². The zero-order chi connectivity index (χ0) is 14.1. The summed E-state index contributed by atoms with van der Waals surface area (Å²) in [6.45, 7) is 5.47. The number of urea groups is 1. The molecule has 0 aromatic carbocycles. The van der Waals surface area contributed by atoms with Crippen LogP contribution in [0.1, 0.15) is 27.2 Å². The molecule has 0 aromatic heterocycles. The molecule has 7 nitrogen and oxygen atoms in total. The van der Waals surface area contributed by atoms with E-state index < -0.39 is 17.9 Å². The van der Waals surface area contributed by atoms with Crippen molar-refractivity contribution in [3.8, 4) is 0 Å². The highest BCUT2D eigenvalue weighted by Crippen LogP contribution is 1.90. The first-order valence-corrected chi connectivity index (χ1v) is 5.86. The fourth-order valence-corrected chi connectivity index (χ4v) is 1.08. The van der Waals surface area contributed by atoms with Crippen molar-refractivity contribution in [2.75, 3.05) is 13.1 Å². The average molecular weight is 259 g/mol. The van der Waals surface area contributed by atoms with E-state index in [4.69, 9.17) is 5.11 Å². The number of hydrogen-bond donors (Lipinski definition) is 4. The van der Waals surface area contributed by atoms with E-state index in [-0.39, 0.29) is 31.5 Å². The molecule has 3 amide bonds. The number of amides is 3. The van der Waals surface area contributed by atoms with Gasteiger partial charge in [0, 0.05) is 25.6 Å². The minimum Gasteiger partial charge on any atom is -0.481 e. The normalized spacial score (nSPS) is 11.8. The van der Waals surface area contributed by atoms with Gasteiger partial charge in [0.2, 0.25) is 5.91 Å². The molecule has 0 spiro atoms. The van der Waals surface area contributed by atoms with E-state index in [1.807, 2.05) is 13.8 Å². The molecule has 0 bridgehead atoms. The second kappa shape index (κ2) is 8.32. The minimum atomic E-state index is -0.966. The van der Waals surface area contributed by atoms with Crippen LogP contribution in [0, 0.1) is 5.92 Å². The van der Waals surface area contributed by atoms with Crippen LogP contribution in [-0.4, -0.2) is 42.1 Å². The zero-order valence-electron chi connectivity index (χ0n) is 10.9. The van der Waals surface area contributed by atoms with Crippen LogP contribution >= 0.6 is 0 Å². The first-order valence-electron chi connectivity index (χ1n) is 5.86. The highest BCUT2D eigenvalue weighted by Gasteiger charge is 2.12. The van der Waals surface area contributed by atoms with Gasteiger partial charge in [-0.15, -0.1) is 0 Å². The molecule has 0 radical (unpaired) electrons. The van der Waals surface area contributed by atoms with Gasteiger partial charge in [0.15, 0.2) is 0 Å². The van der Waals surface area contributed by atoms with E-state index in [1.165, 1.54) is 6.92 Å². The van der Waals surface area contributed by atoms with Crippen LogP contribution < -0.4 is 16.0 Å². The number of nitrogens with one attached hydrogen (secondary N) is 3. The molecule has 1 unspecified atom stereocenters. The summed E-state index contributed by atoms with van der Waals surface area (Å²) in [5, 5.41) is 16.2. The molecule has 104 valence electrons. The van der Waals surface area contributed by atoms with Crippen LogP contribution in [0.15, 0.2) is 0 Å². The van der Waals surface area contributed by atoms with Gasteiger partial charge in [-0.2, -0.15) is 0 Å². The third-order valence-corrected chi connectivity index (χ3v) is 2.08. The van der Waals surface area contributed by atoms with Gasteiger partial charge in [0.1, 0.15) is 0 Å². The van der Waals surface area contributed by atoms with Crippen molar-refractivity contribution < 1.29 is 19.5 Å². The van der Waals surface area contributed by atoms with Gasteiger partial charge in [0.25, 0.3) is 0 Å². The van der Waals surface area contributed by atoms with Gasteiger partial charge in [-0.1, -0.05) is 6.92 Å². The van der Waals surface area contributed by atoms with Crippen molar-refractivity contribution in [3.05, 3.63) is 0 Å². The Labute approximate surface area is 106 Å². The van der Waals surface area contributed by atoms with Gasteiger partial charge >= 0.3 is 12.0 Å². The largest absolute Gasteiger partial charge is 0.481 e. The lowest BCUT2D eigenvalue weighted by Gasteiger charge is -2.11. The highest BCUT2D eigenvalue weighted by molar-refractivity contribution is 5.78. The Morgan fingerprint density at radius 1 is 1.11 bits per heavy atom. The van der Waals surface area contributed by atoms with Crippen molar-refractivity contribution in [2.45, 2.75) is 33.2 Å². The van der Waals surface area contributed by atoms with Crippen LogP contribution in [0.4, 0.5) is 4.79 Å². The number of hydrogen-bond acceptors (Lipinski definition) is 3. The summed E-state index contributed by atoms with van der Waals surface area (Å²) in [6.07, 6.45) is 0.195. The molecule has 0 aromatic rings. The van der Waals surface area contributed by atoms with Crippen molar-refractivity contribution in [3.63, 3.8) is 0 Å². The van der Waals surface area contributed by atoms with Crippen molar-refractivity contribution in [1.29, 1.82) is 0 Å². The predicted molar refractivity (Wildman–Crippen MR) is 66.1 cm³/mol. The van der Waals surface area contributed by atoms with Gasteiger partial charge in [-0.05, 0) is 13.8 Å². The maximum Gasteiger partial charge on any atom is 0.314 e. The van der Waals surface area contributed by atoms with Gasteiger partial charge in [-0.25, -0.2) is 4.79 Å². The van der Waals surface area contributed by atoms with Crippen LogP contribution in [0.25, 0.3) is 0 Å². The molecule has 0 heterocycles. The molecule has 0 saturated carbocycles. The fourth-order valence-electron chi connectivity index (χ4n) is 1.08. The number of aliphatic carboxylic acids is 1. The molecular formula is C11H21N3O4. The van der Waals surface area contributed by atoms with Crippen LogP contribution in [-0.2, 0) is 9.59 Å². The second-order valence-electron chi connectivity index (χ2n) is 4.35. The van der Waals surface area contributed by atoms with Crippen molar-refractivity contribution in [2.24, 2.45) is 5.92 Å². The first-order chi connectivity index (χ1) is 8.32. The highest BCUT2D eigenvalue weighted by atomic mass is 16.4. The van der Waals surface area contributed by atoms with Crippen molar-refractivity contribution >= 4 is 17.9 Å². The summed E-state index contributed by atoms with van der Waals surface area (Å²) in [7, 11) is 0. The third kappa shape index (κ3) is 8.37. The van der Waals surface area contributed by atoms with Crippen LogP contribution in [0.3, 0.4) is 0 Å². The lowest BCUT2D eigenvalue weighted by Crippen LogP contribution is -2.41. The molecule has 0 fully saturated rings. The minimum absolute atomic E-state index is 0.0549. The molecule has 0 saturated heterocycles. The molecule has 4 N–H and O–H groups in total. The van der Waals surface area contributed by atoms with E-state index in [9.17, 15) is 14.4 Å². The number of rotatable bonds is 7. The predicted octanol–water partition coefficient (Wildman–Crippen LogP) is -0.0790. The molecule has 0 aliphatic rings. The molecule has 0 rings (SSSR count). The summed E-state index contributed by atoms with van der Waals surface area (Å²) in [6, 6.07) is -0.400. The number of carbonyl (C=O) groups excluding carboxylic acids is 2. The van der Waals surface area contributed by atoms with E-state index in [1.54, 1.807) is 0 Å². The number of carbonyl (C=O) groups is 3. The summed E-state index contributed by atoms with van der Waals surface area (Å²) < 4.78 is 0. The van der Waals surface area contributed by atoms with E-state index >= 15 is 0 Å². The van der Waals surface area contributed by atoms with Gasteiger partial charge in [-0.3, -0.25) is 9.59 Å². The summed E-state index contributed by atoms with van der Waals surface area (Å²) in [5.41, 5.74) is 0. The first kappa shape index (κ1) is 16.2. The van der Waals surface area contributed by atoms with Crippen LogP contribution in [0.2, 0.25) is 0 Å². The Morgan fingerprint density at radius 2 is 1.72 bits per heavy atom. The Bertz CT molecular complexity index is 305. The molecule has 7 heteroatoms. The Morgan fingerprint density at radius 3 is 2.22 bits per heavy atom. The molecule has 0 aliphatic carbocycles. The third-order valence-electron chi connectivity index (χ3n) is 2.08. The fraction of sp³-hybridized carbons (Fsp3) is 0.727. The summed E-state index contributed by atoms with van der Waals surface area (Å²) >= 11 is 0. The van der Waals surface area contributed by atoms with Gasteiger partial charge < -0.3 is 21.1 Å². The molecule has 1 atom stereocenters. The standard InChI is InChI=1S/C11H21N3O4/c1-7(2)14-9(15)4-5-12-11(18)13-6-8(3)10(16)17/h7-8H,4-6H2,1-3H3,(H,14,15)(H,16,17)(H2,12,13,18). The molecule has 18 heavy (non-hydrogen) atoms. The number of carboxylic acid groups (broad SMARTS) is 1. The Hall–Kier alpha value is -1.79. The Balaban J connectivity index is 3.65. The van der Waals surface area contributed by atoms with E-state index in [0.29, 0.717) is 0 Å². The maximum atomic E-state index is 11.2. The van der Waals surface area contributed by atoms with E-state index in [0.717, 1.165) is 0 Å². The number of carboxylic acids is 1. The van der Waals surface area contributed by atoms with Crippen LogP contribution in [0.5, 0.6) is 0 Å². The van der Waals surface area contributed by atoms with Crippen molar-refractivity contribution in [1.82, 2.24) is 16.0 Å². The maximum absolute atomic E-state index is 11.2. The summed E-state index contributed by atoms with van der Waals surface area (Å²) in [5.74, 6) is -1.74. The lowest BCUT2D eigenvalue weighted by molar-refractivity contribution is -0.140. The average Bonchev–Trinajstić information content (AvgIpc) is 2.24.